The standard InChI is InChI=1S/C17H24N2O/c1-13-6-7-17-16(9-13)14(10-18-17)11-19(2)12-15-5-3-4-8-20-15/h6-7,9-10,15,18H,3-5,8,11-12H2,1-2H3/t15-/m1/s1. The van der Waals surface area contributed by atoms with Crippen LogP contribution in [0.2, 0.25) is 0 Å². The second-order valence-corrected chi connectivity index (χ2v) is 6.05. The third kappa shape index (κ3) is 3.05. The Labute approximate surface area is 120 Å². The molecule has 0 unspecified atom stereocenters. The van der Waals surface area contributed by atoms with Crippen molar-refractivity contribution >= 4 is 10.9 Å². The number of aryl methyl sites for hydroxylation is 1. The summed E-state index contributed by atoms with van der Waals surface area (Å²) in [5.41, 5.74) is 3.92. The van der Waals surface area contributed by atoms with Crippen LogP contribution in [0.4, 0.5) is 0 Å². The van der Waals surface area contributed by atoms with Crippen LogP contribution in [0.5, 0.6) is 0 Å². The number of likely N-dealkylation sites (N-methyl/N-ethyl adjacent to an activating group) is 1. The van der Waals surface area contributed by atoms with Crippen LogP contribution in [0.15, 0.2) is 24.4 Å². The summed E-state index contributed by atoms with van der Waals surface area (Å²) in [7, 11) is 2.19. The van der Waals surface area contributed by atoms with Crippen molar-refractivity contribution in [2.75, 3.05) is 20.2 Å². The fraction of sp³-hybridized carbons (Fsp3) is 0.529. The van der Waals surface area contributed by atoms with Crippen molar-refractivity contribution in [3.05, 3.63) is 35.5 Å². The number of nitrogens with one attached hydrogen (secondary N) is 1. The van der Waals surface area contributed by atoms with E-state index in [1.165, 1.54) is 41.3 Å². The molecule has 1 saturated heterocycles. The predicted octanol–water partition coefficient (Wildman–Crippen LogP) is 3.48. The Kier molecular flexibility index (Phi) is 4.08. The molecule has 1 aromatic carbocycles. The van der Waals surface area contributed by atoms with Crippen molar-refractivity contribution in [2.24, 2.45) is 0 Å². The molecule has 0 bridgehead atoms. The molecule has 3 heteroatoms. The molecule has 1 aliphatic rings. The summed E-state index contributed by atoms with van der Waals surface area (Å²) in [6.07, 6.45) is 6.30. The maximum absolute atomic E-state index is 5.82. The molecule has 0 amide bonds. The quantitative estimate of drug-likeness (QED) is 0.923. The van der Waals surface area contributed by atoms with E-state index in [-0.39, 0.29) is 0 Å². The molecular formula is C17H24N2O. The van der Waals surface area contributed by atoms with Crippen LogP contribution in [0, 0.1) is 6.92 Å². The first-order valence-electron chi connectivity index (χ1n) is 7.59. The van der Waals surface area contributed by atoms with E-state index in [4.69, 9.17) is 4.74 Å². The number of ether oxygens (including phenoxy) is 1. The van der Waals surface area contributed by atoms with Crippen LogP contribution in [0.25, 0.3) is 10.9 Å². The monoisotopic (exact) mass is 272 g/mol. The van der Waals surface area contributed by atoms with Gasteiger partial charge in [-0.15, -0.1) is 0 Å². The molecule has 1 fully saturated rings. The van der Waals surface area contributed by atoms with Crippen molar-refractivity contribution in [2.45, 2.75) is 38.8 Å². The van der Waals surface area contributed by atoms with Crippen LogP contribution >= 0.6 is 0 Å². The van der Waals surface area contributed by atoms with E-state index < -0.39 is 0 Å². The van der Waals surface area contributed by atoms with Gasteiger partial charge >= 0.3 is 0 Å². The average Bonchev–Trinajstić information content (AvgIpc) is 2.82. The molecule has 1 aromatic heterocycles. The normalized spacial score (nSPS) is 19.9. The maximum Gasteiger partial charge on any atom is 0.0702 e. The van der Waals surface area contributed by atoms with E-state index in [2.05, 4.69) is 48.3 Å². The molecule has 0 radical (unpaired) electrons. The molecule has 0 spiro atoms. The fourth-order valence-electron chi connectivity index (χ4n) is 3.08. The molecule has 0 saturated carbocycles. The first kappa shape index (κ1) is 13.7. The summed E-state index contributed by atoms with van der Waals surface area (Å²) < 4.78 is 5.82. The zero-order valence-corrected chi connectivity index (χ0v) is 12.5. The third-order valence-corrected chi connectivity index (χ3v) is 4.15. The lowest BCUT2D eigenvalue weighted by Crippen LogP contribution is -2.33. The topological polar surface area (TPSA) is 28.3 Å². The zero-order chi connectivity index (χ0) is 13.9. The van der Waals surface area contributed by atoms with Gasteiger partial charge in [0.05, 0.1) is 6.10 Å². The zero-order valence-electron chi connectivity index (χ0n) is 12.5. The Hall–Kier alpha value is -1.32. The van der Waals surface area contributed by atoms with Crippen LogP contribution in [-0.2, 0) is 11.3 Å². The number of H-pyrrole nitrogens is 1. The third-order valence-electron chi connectivity index (χ3n) is 4.15. The van der Waals surface area contributed by atoms with Gasteiger partial charge in [-0.1, -0.05) is 11.6 Å². The number of aromatic amines is 1. The SMILES string of the molecule is Cc1ccc2[nH]cc(CN(C)C[C@H]3CCCCO3)c2c1. The van der Waals surface area contributed by atoms with Gasteiger partial charge in [-0.25, -0.2) is 0 Å². The Morgan fingerprint density at radius 1 is 1.35 bits per heavy atom. The van der Waals surface area contributed by atoms with Gasteiger partial charge in [0.15, 0.2) is 0 Å². The highest BCUT2D eigenvalue weighted by atomic mass is 16.5. The molecule has 1 atom stereocenters. The molecule has 108 valence electrons. The molecule has 2 aromatic rings. The lowest BCUT2D eigenvalue weighted by atomic mass is 10.1. The van der Waals surface area contributed by atoms with Gasteiger partial charge in [-0.3, -0.25) is 4.90 Å². The second-order valence-electron chi connectivity index (χ2n) is 6.05. The van der Waals surface area contributed by atoms with E-state index in [0.29, 0.717) is 6.10 Å². The summed E-state index contributed by atoms with van der Waals surface area (Å²) in [4.78, 5) is 5.74. The Bertz CT molecular complexity index is 569. The molecule has 3 rings (SSSR count). The number of fused-ring (bicyclic) bond motifs is 1. The van der Waals surface area contributed by atoms with E-state index >= 15 is 0 Å². The first-order valence-corrected chi connectivity index (χ1v) is 7.59. The van der Waals surface area contributed by atoms with Gasteiger partial charge in [-0.2, -0.15) is 0 Å². The van der Waals surface area contributed by atoms with Crippen LogP contribution in [0.1, 0.15) is 30.4 Å². The fourth-order valence-corrected chi connectivity index (χ4v) is 3.08. The molecule has 1 aliphatic heterocycles. The van der Waals surface area contributed by atoms with Gasteiger partial charge < -0.3 is 9.72 Å². The molecule has 20 heavy (non-hydrogen) atoms. The summed E-state index contributed by atoms with van der Waals surface area (Å²) in [5, 5.41) is 1.35. The molecule has 1 N–H and O–H groups in total. The minimum atomic E-state index is 0.417. The van der Waals surface area contributed by atoms with Crippen LogP contribution in [-0.4, -0.2) is 36.2 Å². The van der Waals surface area contributed by atoms with Gasteiger partial charge in [0.2, 0.25) is 0 Å². The van der Waals surface area contributed by atoms with E-state index in [0.717, 1.165) is 19.7 Å². The smallest absolute Gasteiger partial charge is 0.0702 e. The average molecular weight is 272 g/mol. The summed E-state index contributed by atoms with van der Waals surface area (Å²) in [5.74, 6) is 0. The van der Waals surface area contributed by atoms with Crippen LogP contribution in [0.3, 0.4) is 0 Å². The number of hydrogen-bond donors (Lipinski definition) is 1. The number of nitrogens with zero attached hydrogens (tertiary/aromatic N) is 1. The summed E-state index contributed by atoms with van der Waals surface area (Å²) in [6, 6.07) is 6.59. The lowest BCUT2D eigenvalue weighted by molar-refractivity contribution is -0.00253. The van der Waals surface area contributed by atoms with Crippen molar-refractivity contribution in [1.82, 2.24) is 9.88 Å². The van der Waals surface area contributed by atoms with Gasteiger partial charge in [0.25, 0.3) is 0 Å². The van der Waals surface area contributed by atoms with Gasteiger partial charge in [-0.05, 0) is 50.9 Å². The summed E-state index contributed by atoms with van der Waals surface area (Å²) >= 11 is 0. The van der Waals surface area contributed by atoms with E-state index in [1.54, 1.807) is 0 Å². The van der Waals surface area contributed by atoms with Crippen molar-refractivity contribution in [3.8, 4) is 0 Å². The first-order chi connectivity index (χ1) is 9.72. The van der Waals surface area contributed by atoms with E-state index in [9.17, 15) is 0 Å². The number of benzene rings is 1. The predicted molar refractivity (Wildman–Crippen MR) is 83.0 cm³/mol. The van der Waals surface area contributed by atoms with Crippen LogP contribution < -0.4 is 0 Å². The highest BCUT2D eigenvalue weighted by molar-refractivity contribution is 5.83. The molecule has 3 nitrogen and oxygen atoms in total. The van der Waals surface area contributed by atoms with Crippen molar-refractivity contribution in [3.63, 3.8) is 0 Å². The van der Waals surface area contributed by atoms with E-state index in [1.807, 2.05) is 0 Å². The Morgan fingerprint density at radius 3 is 3.05 bits per heavy atom. The van der Waals surface area contributed by atoms with Gasteiger partial charge in [0, 0.05) is 36.8 Å². The van der Waals surface area contributed by atoms with Crippen molar-refractivity contribution < 1.29 is 4.74 Å². The number of rotatable bonds is 4. The van der Waals surface area contributed by atoms with Crippen molar-refractivity contribution in [1.29, 1.82) is 0 Å². The highest BCUT2D eigenvalue weighted by Crippen LogP contribution is 2.21. The molecular weight excluding hydrogens is 248 g/mol. The Balaban J connectivity index is 1.67. The minimum absolute atomic E-state index is 0.417. The Morgan fingerprint density at radius 2 is 2.25 bits per heavy atom. The second kappa shape index (κ2) is 5.98. The van der Waals surface area contributed by atoms with Gasteiger partial charge in [0.1, 0.15) is 0 Å². The highest BCUT2D eigenvalue weighted by Gasteiger charge is 2.16. The number of hydrogen-bond acceptors (Lipinski definition) is 2. The largest absolute Gasteiger partial charge is 0.377 e. The lowest BCUT2D eigenvalue weighted by Gasteiger charge is -2.27. The summed E-state index contributed by atoms with van der Waals surface area (Å²) in [6.45, 7) is 5.09. The minimum Gasteiger partial charge on any atom is -0.377 e. The number of aromatic nitrogens is 1. The molecule has 0 aliphatic carbocycles. The molecule has 2 heterocycles. The maximum atomic E-state index is 5.82.